The molecule has 8 heterocycles. The minimum Gasteiger partial charge on any atom is -0.378 e. The third kappa shape index (κ3) is 18.2. The second-order valence-electron chi connectivity index (χ2n) is 12.0. The van der Waals surface area contributed by atoms with Gasteiger partial charge < -0.3 is 37.9 Å². The van der Waals surface area contributed by atoms with Crippen LogP contribution in [0.4, 0.5) is 0 Å². The molecule has 0 saturated carbocycles. The van der Waals surface area contributed by atoms with Crippen molar-refractivity contribution in [2.75, 3.05) is 152 Å². The van der Waals surface area contributed by atoms with E-state index in [-0.39, 0.29) is 0 Å². The number of rotatable bonds is 0. The zero-order chi connectivity index (χ0) is 40.9. The lowest BCUT2D eigenvalue weighted by Crippen LogP contribution is -2.08. The molecular weight excluding hydrogens is 1070 g/mol. The summed E-state index contributed by atoms with van der Waals surface area (Å²) < 4.78 is 65.0. The van der Waals surface area contributed by atoms with Crippen LogP contribution in [0.5, 0.6) is 0 Å². The van der Waals surface area contributed by atoms with E-state index in [0.717, 1.165) is 46.0 Å². The molecule has 0 saturated heterocycles. The zero-order valence-corrected chi connectivity index (χ0v) is 45.8. The van der Waals surface area contributed by atoms with Gasteiger partial charge in [0, 0.05) is 46.0 Å². The van der Waals surface area contributed by atoms with Crippen LogP contribution in [0, 0.1) is 0 Å². The lowest BCUT2D eigenvalue weighted by molar-refractivity contribution is 0.0605. The summed E-state index contributed by atoms with van der Waals surface area (Å²) in [5.74, 6) is 7.25. The van der Waals surface area contributed by atoms with E-state index in [1.807, 2.05) is 188 Å². The van der Waals surface area contributed by atoms with Gasteiger partial charge in [0.05, 0.1) is 157 Å². The van der Waals surface area contributed by atoms with Gasteiger partial charge in [-0.05, 0) is 0 Å². The van der Waals surface area contributed by atoms with Crippen LogP contribution in [0.1, 0.15) is 0 Å². The molecule has 0 spiro atoms. The minimum absolute atomic E-state index is 0.610. The third-order valence-electron chi connectivity index (χ3n) is 7.66. The molecule has 12 bridgehead atoms. The van der Waals surface area contributed by atoms with Crippen molar-refractivity contribution in [1.82, 2.24) is 0 Å². The first-order chi connectivity index (χ1) is 29.8. The second-order valence-corrected chi connectivity index (χ2v) is 32.1. The predicted molar refractivity (Wildman–Crippen MR) is 289 cm³/mol. The number of hydrogen-bond donors (Lipinski definition) is 0. The van der Waals surface area contributed by atoms with Crippen molar-refractivity contribution in [3.63, 3.8) is 0 Å². The van der Waals surface area contributed by atoms with Crippen molar-refractivity contribution in [3.8, 4) is 0 Å². The average molecular weight is 1120 g/mol. The number of fused-ring (bicyclic) bond motifs is 36. The van der Waals surface area contributed by atoms with Gasteiger partial charge in [-0.1, -0.05) is 94.1 Å². The zero-order valence-electron chi connectivity index (χ0n) is 32.8. The van der Waals surface area contributed by atoms with E-state index >= 15 is 0 Å². The molecular formula is C36H48O8S16. The molecule has 0 aromatic heterocycles. The summed E-state index contributed by atoms with van der Waals surface area (Å²) in [6, 6.07) is 0. The summed E-state index contributed by atoms with van der Waals surface area (Å²) in [6.07, 6.45) is 0. The van der Waals surface area contributed by atoms with Crippen molar-refractivity contribution in [2.24, 2.45) is 0 Å². The maximum atomic E-state index is 6.07. The normalized spacial score (nSPS) is 26.4. The topological polar surface area (TPSA) is 73.8 Å². The lowest BCUT2D eigenvalue weighted by Gasteiger charge is -2.09. The lowest BCUT2D eigenvalue weighted by atomic mass is 10.7. The van der Waals surface area contributed by atoms with E-state index in [1.165, 1.54) is 50.8 Å². The maximum absolute atomic E-state index is 6.07. The van der Waals surface area contributed by atoms with Gasteiger partial charge in [0.2, 0.25) is 0 Å². The molecule has 8 nitrogen and oxygen atoms in total. The van der Waals surface area contributed by atoms with Crippen molar-refractivity contribution < 1.29 is 37.9 Å². The Labute approximate surface area is 423 Å². The van der Waals surface area contributed by atoms with Crippen LogP contribution in [0.25, 0.3) is 0 Å². The summed E-state index contributed by atoms with van der Waals surface area (Å²) in [4.78, 5) is 0. The number of hydrogen-bond acceptors (Lipinski definition) is 24. The molecule has 24 heteroatoms. The van der Waals surface area contributed by atoms with Gasteiger partial charge in [0.1, 0.15) is 0 Å². The van der Waals surface area contributed by atoms with Crippen LogP contribution in [-0.4, -0.2) is 152 Å². The van der Waals surface area contributed by atoms with E-state index < -0.39 is 0 Å². The molecule has 0 N–H and O–H groups in total. The molecule has 0 aliphatic carbocycles. The standard InChI is InChI=1S/C36H48O8S16/c1-2-38-10-18-46-27-28-48-20-12-40-5-6-42-13-21-49-29-30-50-22-14-43-7-8-44-16-24-52-32-31(59-36(60-32)35(55-27)56-28)51-23-15-41-4-3-39-11-19-47-26-25(45-17-9-37-1)53-33(54-26)34(57-29)58-30/h1-24H2. The van der Waals surface area contributed by atoms with Gasteiger partial charge in [-0.15, -0.1) is 94.1 Å². The van der Waals surface area contributed by atoms with Gasteiger partial charge in [0.15, 0.2) is 0 Å². The fraction of sp³-hybridized carbons (Fsp3) is 0.667. The third-order valence-corrected chi connectivity index (χ3v) is 30.5. The largest absolute Gasteiger partial charge is 0.378 e. The van der Waals surface area contributed by atoms with E-state index in [4.69, 9.17) is 37.9 Å². The van der Waals surface area contributed by atoms with Crippen LogP contribution in [0.15, 0.2) is 50.8 Å². The highest BCUT2D eigenvalue weighted by molar-refractivity contribution is 8.46. The van der Waals surface area contributed by atoms with Crippen molar-refractivity contribution in [3.05, 3.63) is 50.8 Å². The summed E-state index contributed by atoms with van der Waals surface area (Å²) in [6.45, 7) is 10.4. The quantitative estimate of drug-likeness (QED) is 0.231. The van der Waals surface area contributed by atoms with E-state index in [9.17, 15) is 0 Å². The Morgan fingerprint density at radius 1 is 0.167 bits per heavy atom. The Bertz CT molecular complexity index is 1260. The highest BCUT2D eigenvalue weighted by atomic mass is 32.3. The molecule has 0 aromatic rings. The van der Waals surface area contributed by atoms with Crippen molar-refractivity contribution in [2.45, 2.75) is 0 Å². The SMILES string of the molecule is C1COCCSC2=C3SCCOCCOCCSC4=C5SCCOCCOCCSC6=C(SCCOCCOCCSC7=C(SCCO1)SC(=C(S4)S5)S7)SC(=C(S2)S3)S6. The molecule has 0 amide bonds. The molecule has 8 aliphatic rings. The molecule has 0 unspecified atom stereocenters. The smallest absolute Gasteiger partial charge is 0.0717 e. The first kappa shape index (κ1) is 51.6. The summed E-state index contributed by atoms with van der Waals surface area (Å²) in [7, 11) is 0. The highest BCUT2D eigenvalue weighted by Crippen LogP contribution is 2.67. The van der Waals surface area contributed by atoms with E-state index in [2.05, 4.69) is 0 Å². The van der Waals surface area contributed by atoms with Crippen LogP contribution >= 0.6 is 188 Å². The summed E-state index contributed by atoms with van der Waals surface area (Å²) in [5.41, 5.74) is 0. The van der Waals surface area contributed by atoms with Crippen LogP contribution < -0.4 is 0 Å². The van der Waals surface area contributed by atoms with Gasteiger partial charge >= 0.3 is 0 Å². The first-order valence-electron chi connectivity index (χ1n) is 19.3. The molecule has 8 aliphatic heterocycles. The molecule has 0 aromatic carbocycles. The monoisotopic (exact) mass is 1120 g/mol. The fourth-order valence-corrected chi connectivity index (χ4v) is 28.3. The molecule has 336 valence electrons. The number of thioether (sulfide) groups is 16. The molecule has 0 atom stereocenters. The molecule has 8 rings (SSSR count). The minimum atomic E-state index is 0.610. The predicted octanol–water partition coefficient (Wildman–Crippen LogP) is 12.7. The Morgan fingerprint density at radius 3 is 0.433 bits per heavy atom. The van der Waals surface area contributed by atoms with Crippen molar-refractivity contribution >= 4 is 188 Å². The Kier molecular flexibility index (Phi) is 26.7. The highest BCUT2D eigenvalue weighted by Gasteiger charge is 2.33. The average Bonchev–Trinajstić information content (AvgIpc) is 4.05. The fourth-order valence-electron chi connectivity index (χ4n) is 4.96. The van der Waals surface area contributed by atoms with Crippen LogP contribution in [0.3, 0.4) is 0 Å². The van der Waals surface area contributed by atoms with Crippen LogP contribution in [0.2, 0.25) is 0 Å². The van der Waals surface area contributed by atoms with Crippen LogP contribution in [-0.2, 0) is 37.9 Å². The Morgan fingerprint density at radius 2 is 0.300 bits per heavy atom. The van der Waals surface area contributed by atoms with Crippen molar-refractivity contribution in [1.29, 1.82) is 0 Å². The van der Waals surface area contributed by atoms with Gasteiger partial charge in [-0.25, -0.2) is 0 Å². The Hall–Kier alpha value is 3.72. The van der Waals surface area contributed by atoms with Gasteiger partial charge in [0.25, 0.3) is 0 Å². The Balaban J connectivity index is 1.12. The summed E-state index contributed by atoms with van der Waals surface area (Å²) >= 11 is 30.7. The summed E-state index contributed by atoms with van der Waals surface area (Å²) in [5, 5.41) is 0. The second kappa shape index (κ2) is 31.0. The van der Waals surface area contributed by atoms with Gasteiger partial charge in [-0.2, -0.15) is 0 Å². The van der Waals surface area contributed by atoms with Gasteiger partial charge in [-0.3, -0.25) is 0 Å². The molecule has 0 radical (unpaired) electrons. The first-order valence-corrected chi connectivity index (χ1v) is 33.7. The molecule has 60 heavy (non-hydrogen) atoms. The van der Waals surface area contributed by atoms with E-state index in [1.54, 1.807) is 0 Å². The van der Waals surface area contributed by atoms with E-state index in [0.29, 0.717) is 106 Å². The number of ether oxygens (including phenoxy) is 8. The molecule has 0 fully saturated rings. The maximum Gasteiger partial charge on any atom is 0.0717 e.